The van der Waals surface area contributed by atoms with Crippen LogP contribution in [0.5, 0.6) is 11.5 Å². The summed E-state index contributed by atoms with van der Waals surface area (Å²) in [4.78, 5) is 11.5. The highest BCUT2D eigenvalue weighted by atomic mass is 32.1. The second-order valence-electron chi connectivity index (χ2n) is 6.45. The Labute approximate surface area is 151 Å². The quantitative estimate of drug-likeness (QED) is 0.742. The highest BCUT2D eigenvalue weighted by Gasteiger charge is 2.23. The normalized spacial score (nSPS) is 16.5. The van der Waals surface area contributed by atoms with Crippen molar-refractivity contribution in [1.82, 2.24) is 9.97 Å². The molecular weight excluding hydrogens is 334 g/mol. The van der Waals surface area contributed by atoms with Gasteiger partial charge in [-0.05, 0) is 42.9 Å². The van der Waals surface area contributed by atoms with Crippen LogP contribution in [0.15, 0.2) is 24.5 Å². The van der Waals surface area contributed by atoms with Crippen LogP contribution in [0.25, 0.3) is 10.2 Å². The van der Waals surface area contributed by atoms with E-state index in [0.717, 1.165) is 52.0 Å². The minimum Gasteiger partial charge on any atom is -0.497 e. The molecule has 3 aromatic rings. The van der Waals surface area contributed by atoms with Crippen molar-refractivity contribution >= 4 is 33.1 Å². The Bertz CT molecular complexity index is 922. The molecule has 2 aromatic heterocycles. The molecule has 6 heteroatoms. The molecule has 25 heavy (non-hydrogen) atoms. The van der Waals surface area contributed by atoms with Crippen molar-refractivity contribution in [3.05, 3.63) is 35.0 Å². The first-order chi connectivity index (χ1) is 12.2. The summed E-state index contributed by atoms with van der Waals surface area (Å²) in [6.07, 6.45) is 5.07. The van der Waals surface area contributed by atoms with E-state index >= 15 is 0 Å². The van der Waals surface area contributed by atoms with Crippen LogP contribution in [-0.4, -0.2) is 24.2 Å². The summed E-state index contributed by atoms with van der Waals surface area (Å²) in [5.41, 5.74) is 2.24. The molecule has 0 bridgehead atoms. The number of benzene rings is 1. The van der Waals surface area contributed by atoms with Gasteiger partial charge in [0.25, 0.3) is 0 Å². The van der Waals surface area contributed by atoms with Crippen LogP contribution >= 0.6 is 11.3 Å². The number of hydrogen-bond acceptors (Lipinski definition) is 6. The lowest BCUT2D eigenvalue weighted by atomic mass is 9.89. The Balaban J connectivity index is 1.80. The number of nitrogens with zero attached hydrogens (tertiary/aromatic N) is 2. The van der Waals surface area contributed by atoms with Gasteiger partial charge in [-0.25, -0.2) is 9.97 Å². The highest BCUT2D eigenvalue weighted by Crippen LogP contribution is 2.41. The van der Waals surface area contributed by atoms with Crippen LogP contribution in [0.3, 0.4) is 0 Å². The third kappa shape index (κ3) is 2.91. The van der Waals surface area contributed by atoms with Gasteiger partial charge in [0, 0.05) is 10.9 Å². The molecule has 1 atom stereocenters. The number of anilines is 2. The lowest BCUT2D eigenvalue weighted by molar-refractivity contribution is 0.405. The molecule has 0 saturated heterocycles. The summed E-state index contributed by atoms with van der Waals surface area (Å²) in [7, 11) is 3.32. The maximum Gasteiger partial charge on any atom is 0.142 e. The molecule has 2 heterocycles. The predicted molar refractivity (Wildman–Crippen MR) is 101 cm³/mol. The first kappa shape index (κ1) is 16.1. The van der Waals surface area contributed by atoms with E-state index in [1.165, 1.54) is 16.9 Å². The number of fused-ring (bicyclic) bond motifs is 3. The Morgan fingerprint density at radius 2 is 2.08 bits per heavy atom. The monoisotopic (exact) mass is 355 g/mol. The van der Waals surface area contributed by atoms with E-state index in [-0.39, 0.29) is 0 Å². The molecule has 1 aromatic carbocycles. The molecule has 1 N–H and O–H groups in total. The summed E-state index contributed by atoms with van der Waals surface area (Å²) in [6.45, 7) is 2.32. The topological polar surface area (TPSA) is 56.3 Å². The molecule has 0 spiro atoms. The molecule has 1 aliphatic carbocycles. The predicted octanol–water partition coefficient (Wildman–Crippen LogP) is 4.58. The fraction of sp³-hybridized carbons (Fsp3) is 0.368. The minimum absolute atomic E-state index is 0.739. The molecule has 130 valence electrons. The van der Waals surface area contributed by atoms with Gasteiger partial charge in [0.15, 0.2) is 0 Å². The molecule has 0 aliphatic heterocycles. The number of ether oxygens (including phenoxy) is 2. The van der Waals surface area contributed by atoms with Gasteiger partial charge in [-0.2, -0.15) is 0 Å². The lowest BCUT2D eigenvalue weighted by Gasteiger charge is -2.18. The summed E-state index contributed by atoms with van der Waals surface area (Å²) < 4.78 is 10.8. The minimum atomic E-state index is 0.739. The van der Waals surface area contributed by atoms with E-state index in [1.807, 2.05) is 18.2 Å². The van der Waals surface area contributed by atoms with Crippen LogP contribution in [0.1, 0.15) is 23.8 Å². The van der Waals surface area contributed by atoms with Crippen LogP contribution in [-0.2, 0) is 12.8 Å². The van der Waals surface area contributed by atoms with Gasteiger partial charge in [-0.1, -0.05) is 6.92 Å². The second kappa shape index (κ2) is 6.52. The Morgan fingerprint density at radius 3 is 2.88 bits per heavy atom. The standard InChI is InChI=1S/C19H21N3O2S/c1-11-4-6-13-16(8-11)25-19-17(13)18(20-10-21-19)22-14-9-12(23-2)5-7-15(14)24-3/h5,7,9-11H,4,6,8H2,1-3H3,(H,20,21,22). The number of methoxy groups -OCH3 is 2. The zero-order valence-corrected chi connectivity index (χ0v) is 15.4. The molecule has 1 unspecified atom stereocenters. The number of hydrogen-bond donors (Lipinski definition) is 1. The van der Waals surface area contributed by atoms with Crippen molar-refractivity contribution in [2.24, 2.45) is 5.92 Å². The fourth-order valence-electron chi connectivity index (χ4n) is 3.41. The average molecular weight is 355 g/mol. The van der Waals surface area contributed by atoms with E-state index in [4.69, 9.17) is 9.47 Å². The third-order valence-electron chi connectivity index (χ3n) is 4.75. The van der Waals surface area contributed by atoms with Gasteiger partial charge < -0.3 is 14.8 Å². The maximum atomic E-state index is 5.48. The SMILES string of the molecule is COc1ccc(OC)c(Nc2ncnc3sc4c(c23)CCC(C)C4)c1. The average Bonchev–Trinajstić information content (AvgIpc) is 3.00. The zero-order valence-electron chi connectivity index (χ0n) is 14.6. The fourth-order valence-corrected chi connectivity index (χ4v) is 4.76. The van der Waals surface area contributed by atoms with Gasteiger partial charge in [0.05, 0.1) is 25.3 Å². The van der Waals surface area contributed by atoms with E-state index < -0.39 is 0 Å². The lowest BCUT2D eigenvalue weighted by Crippen LogP contribution is -2.09. The first-order valence-electron chi connectivity index (χ1n) is 8.44. The molecule has 0 saturated carbocycles. The maximum absolute atomic E-state index is 5.48. The summed E-state index contributed by atoms with van der Waals surface area (Å²) in [6, 6.07) is 5.70. The molecular formula is C19H21N3O2S. The molecule has 0 amide bonds. The van der Waals surface area contributed by atoms with Gasteiger partial charge in [0.2, 0.25) is 0 Å². The summed E-state index contributed by atoms with van der Waals surface area (Å²) >= 11 is 1.80. The number of thiophene rings is 1. The molecule has 1 aliphatic rings. The van der Waals surface area contributed by atoms with Crippen molar-refractivity contribution < 1.29 is 9.47 Å². The Morgan fingerprint density at radius 1 is 1.20 bits per heavy atom. The van der Waals surface area contributed by atoms with Crippen LogP contribution in [0.2, 0.25) is 0 Å². The number of aryl methyl sites for hydroxylation is 1. The molecule has 0 fully saturated rings. The van der Waals surface area contributed by atoms with E-state index in [9.17, 15) is 0 Å². The van der Waals surface area contributed by atoms with Crippen LogP contribution in [0.4, 0.5) is 11.5 Å². The zero-order chi connectivity index (χ0) is 17.4. The molecule has 4 rings (SSSR count). The van der Waals surface area contributed by atoms with Gasteiger partial charge >= 0.3 is 0 Å². The largest absolute Gasteiger partial charge is 0.497 e. The van der Waals surface area contributed by atoms with E-state index in [2.05, 4.69) is 22.2 Å². The van der Waals surface area contributed by atoms with Crippen LogP contribution < -0.4 is 14.8 Å². The van der Waals surface area contributed by atoms with Crippen molar-refractivity contribution in [3.8, 4) is 11.5 Å². The first-order valence-corrected chi connectivity index (χ1v) is 9.25. The Hall–Kier alpha value is -2.34. The van der Waals surface area contributed by atoms with Crippen molar-refractivity contribution in [2.75, 3.05) is 19.5 Å². The van der Waals surface area contributed by atoms with Crippen LogP contribution in [0, 0.1) is 5.92 Å². The van der Waals surface area contributed by atoms with E-state index in [1.54, 1.807) is 31.9 Å². The second-order valence-corrected chi connectivity index (χ2v) is 7.53. The third-order valence-corrected chi connectivity index (χ3v) is 5.91. The smallest absolute Gasteiger partial charge is 0.142 e. The molecule has 0 radical (unpaired) electrons. The van der Waals surface area contributed by atoms with Gasteiger partial charge in [-0.15, -0.1) is 11.3 Å². The highest BCUT2D eigenvalue weighted by molar-refractivity contribution is 7.19. The van der Waals surface area contributed by atoms with Gasteiger partial charge in [0.1, 0.15) is 28.5 Å². The summed E-state index contributed by atoms with van der Waals surface area (Å²) in [5.74, 6) is 3.10. The number of nitrogens with one attached hydrogen (secondary N) is 1. The van der Waals surface area contributed by atoms with Crippen molar-refractivity contribution in [3.63, 3.8) is 0 Å². The Kier molecular flexibility index (Phi) is 4.21. The van der Waals surface area contributed by atoms with E-state index in [0.29, 0.717) is 0 Å². The van der Waals surface area contributed by atoms with Crippen molar-refractivity contribution in [1.29, 1.82) is 0 Å². The van der Waals surface area contributed by atoms with Gasteiger partial charge in [-0.3, -0.25) is 0 Å². The summed E-state index contributed by atoms with van der Waals surface area (Å²) in [5, 5.41) is 4.59. The number of rotatable bonds is 4. The molecule has 5 nitrogen and oxygen atoms in total. The number of aromatic nitrogens is 2. The van der Waals surface area contributed by atoms with Crippen molar-refractivity contribution in [2.45, 2.75) is 26.2 Å².